The summed E-state index contributed by atoms with van der Waals surface area (Å²) in [5.74, 6) is -0.329. The summed E-state index contributed by atoms with van der Waals surface area (Å²) in [4.78, 5) is 22.7. The predicted molar refractivity (Wildman–Crippen MR) is 293 cm³/mol. The first-order chi connectivity index (χ1) is 33.9. The maximum Gasteiger partial charge on any atom is 0.407 e. The molecule has 0 fully saturated rings. The van der Waals surface area contributed by atoms with E-state index >= 15 is 0 Å². The lowest BCUT2D eigenvalue weighted by molar-refractivity contribution is -0.154. The molecule has 1 amide bonds. The number of benzene rings is 4. The Morgan fingerprint density at radius 3 is 1.14 bits per heavy atom. The molecule has 18 heteroatoms. The van der Waals surface area contributed by atoms with Gasteiger partial charge in [0.15, 0.2) is 0 Å². The molecule has 0 radical (unpaired) electrons. The van der Waals surface area contributed by atoms with Crippen molar-refractivity contribution in [3.05, 3.63) is 191 Å². The zero-order valence-electron chi connectivity index (χ0n) is 42.7. The third-order valence-corrected chi connectivity index (χ3v) is 9.18. The number of aliphatic hydroxyl groups is 1. The number of esters is 1. The number of carbonyl (C=O) groups is 2. The average Bonchev–Trinajstić information content (AvgIpc) is 3.36. The SMILES string of the molecule is CC(C)(C)OC(=O)CCC(=CF)COCc1ccccc1.CC(C)(C)OC(=O)NCC(=CF)CBr.Cl.Cl.NC/C(=C/F)COCc1ccccc1.NC/C(=C\F)COCc1ccccc1.OCc1ccccc1. The number of hydrogen-bond donors (Lipinski definition) is 4. The lowest BCUT2D eigenvalue weighted by atomic mass is 10.1. The molecule has 0 spiro atoms. The second-order valence-electron chi connectivity index (χ2n) is 17.1. The van der Waals surface area contributed by atoms with Crippen LogP contribution in [0.5, 0.6) is 0 Å². The van der Waals surface area contributed by atoms with Gasteiger partial charge in [0.05, 0.1) is 71.6 Å². The Balaban J connectivity index is -0.000000855. The Kier molecular flexibility index (Phi) is 45.3. The molecular weight excluding hydrogens is 1060 g/mol. The minimum Gasteiger partial charge on any atom is -0.460 e. The predicted octanol–water partition coefficient (Wildman–Crippen LogP) is 13.0. The fourth-order valence-corrected chi connectivity index (χ4v) is 5.22. The number of nitrogens with two attached hydrogens (primary N) is 2. The quantitative estimate of drug-likeness (QED) is 0.0359. The monoisotopic (exact) mass is 1130 g/mol. The van der Waals surface area contributed by atoms with E-state index in [1.165, 1.54) is 0 Å². The van der Waals surface area contributed by atoms with E-state index in [9.17, 15) is 27.2 Å². The molecule has 11 nitrogen and oxygen atoms in total. The van der Waals surface area contributed by atoms with Crippen molar-refractivity contribution in [2.45, 2.75) is 92.0 Å². The van der Waals surface area contributed by atoms with Gasteiger partial charge in [-0.2, -0.15) is 0 Å². The zero-order valence-corrected chi connectivity index (χ0v) is 45.9. The van der Waals surface area contributed by atoms with Crippen molar-refractivity contribution in [1.29, 1.82) is 0 Å². The highest BCUT2D eigenvalue weighted by atomic mass is 79.9. The number of alkyl halides is 1. The Hall–Kier alpha value is -4.88. The van der Waals surface area contributed by atoms with Crippen LogP contribution in [-0.2, 0) is 54.9 Å². The molecule has 0 unspecified atom stereocenters. The van der Waals surface area contributed by atoms with Gasteiger partial charge in [-0.25, -0.2) is 22.4 Å². The van der Waals surface area contributed by atoms with E-state index in [1.54, 1.807) is 41.5 Å². The van der Waals surface area contributed by atoms with Crippen LogP contribution < -0.4 is 16.8 Å². The van der Waals surface area contributed by atoms with Crippen LogP contribution in [0.15, 0.2) is 169 Å². The van der Waals surface area contributed by atoms with E-state index in [4.69, 9.17) is 40.3 Å². The van der Waals surface area contributed by atoms with Gasteiger partial charge in [-0.15, -0.1) is 24.8 Å². The van der Waals surface area contributed by atoms with E-state index in [2.05, 4.69) is 21.2 Å². The van der Waals surface area contributed by atoms with Crippen molar-refractivity contribution in [2.75, 3.05) is 44.8 Å². The highest BCUT2D eigenvalue weighted by molar-refractivity contribution is 9.09. The van der Waals surface area contributed by atoms with Gasteiger partial charge in [0.25, 0.3) is 0 Å². The van der Waals surface area contributed by atoms with Gasteiger partial charge in [0.1, 0.15) is 11.2 Å². The normalized spacial score (nSPS) is 11.4. The fourth-order valence-electron chi connectivity index (χ4n) is 4.90. The van der Waals surface area contributed by atoms with Crippen LogP contribution in [0.1, 0.15) is 76.6 Å². The molecule has 0 heterocycles. The topological polar surface area (TPSA) is 165 Å². The molecule has 0 saturated carbocycles. The largest absolute Gasteiger partial charge is 0.460 e. The first kappa shape index (κ1) is 72.4. The number of aliphatic hydroxyl groups excluding tert-OH is 1. The van der Waals surface area contributed by atoms with Gasteiger partial charge < -0.3 is 45.6 Å². The van der Waals surface area contributed by atoms with E-state index in [0.717, 1.165) is 22.3 Å². The van der Waals surface area contributed by atoms with Gasteiger partial charge in [0, 0.05) is 31.4 Å². The first-order valence-corrected chi connectivity index (χ1v) is 23.8. The van der Waals surface area contributed by atoms with E-state index in [1.807, 2.05) is 121 Å². The van der Waals surface area contributed by atoms with Crippen LogP contribution in [-0.4, -0.2) is 73.2 Å². The van der Waals surface area contributed by atoms with Gasteiger partial charge >= 0.3 is 12.1 Å². The number of nitrogens with one attached hydrogen (secondary N) is 1. The van der Waals surface area contributed by atoms with E-state index in [0.29, 0.717) is 79.2 Å². The molecule has 0 aliphatic carbocycles. The zero-order chi connectivity index (χ0) is 53.2. The summed E-state index contributed by atoms with van der Waals surface area (Å²) in [6.45, 7) is 13.5. The average molecular weight is 1130 g/mol. The summed E-state index contributed by atoms with van der Waals surface area (Å²) < 4.78 is 75.1. The van der Waals surface area contributed by atoms with Crippen molar-refractivity contribution in [3.8, 4) is 0 Å². The molecule has 0 bridgehead atoms. The first-order valence-electron chi connectivity index (χ1n) is 22.7. The summed E-state index contributed by atoms with van der Waals surface area (Å²) in [6.07, 6.45) is 1.90. The molecular formula is C55H76BrCl2F4N3O8. The maximum atomic E-state index is 12.8. The molecule has 408 valence electrons. The molecule has 4 rings (SSSR count). The van der Waals surface area contributed by atoms with E-state index < -0.39 is 17.3 Å². The van der Waals surface area contributed by atoms with Gasteiger partial charge in [-0.05, 0) is 92.5 Å². The van der Waals surface area contributed by atoms with Gasteiger partial charge in [-0.1, -0.05) is 137 Å². The van der Waals surface area contributed by atoms with Crippen LogP contribution in [0.4, 0.5) is 22.4 Å². The molecule has 0 aliphatic rings. The lowest BCUT2D eigenvalue weighted by Crippen LogP contribution is -2.33. The summed E-state index contributed by atoms with van der Waals surface area (Å²) >= 11 is 3.09. The van der Waals surface area contributed by atoms with Gasteiger partial charge in [-0.3, -0.25) is 4.79 Å². The van der Waals surface area contributed by atoms with Crippen LogP contribution in [0, 0.1) is 0 Å². The number of rotatable bonds is 21. The molecule has 0 atom stereocenters. The Bertz CT molecular complexity index is 2040. The smallest absolute Gasteiger partial charge is 0.407 e. The van der Waals surface area contributed by atoms with Crippen LogP contribution in [0.3, 0.4) is 0 Å². The van der Waals surface area contributed by atoms with Crippen LogP contribution >= 0.6 is 40.7 Å². The van der Waals surface area contributed by atoms with Crippen LogP contribution in [0.2, 0.25) is 0 Å². The number of hydrogen-bond acceptors (Lipinski definition) is 10. The summed E-state index contributed by atoms with van der Waals surface area (Å²) in [5.41, 5.74) is 15.5. The molecule has 0 aliphatic heterocycles. The number of carbonyl (C=O) groups excluding carboxylic acids is 2. The molecule has 4 aromatic carbocycles. The number of ether oxygens (including phenoxy) is 5. The Morgan fingerprint density at radius 1 is 0.534 bits per heavy atom. The Morgan fingerprint density at radius 2 is 0.863 bits per heavy atom. The third-order valence-electron chi connectivity index (χ3n) is 8.46. The summed E-state index contributed by atoms with van der Waals surface area (Å²) in [7, 11) is 0. The summed E-state index contributed by atoms with van der Waals surface area (Å²) in [6, 6.07) is 38.7. The fraction of sp³-hybridized carbons (Fsp3) is 0.382. The van der Waals surface area contributed by atoms with Crippen molar-refractivity contribution < 1.29 is 55.9 Å². The minimum atomic E-state index is -0.544. The van der Waals surface area contributed by atoms with E-state index in [-0.39, 0.29) is 83.3 Å². The Labute approximate surface area is 451 Å². The number of amides is 1. The highest BCUT2D eigenvalue weighted by Crippen LogP contribution is 2.14. The van der Waals surface area contributed by atoms with Crippen molar-refractivity contribution in [2.24, 2.45) is 11.5 Å². The highest BCUT2D eigenvalue weighted by Gasteiger charge is 2.17. The molecule has 6 N–H and O–H groups in total. The third kappa shape index (κ3) is 43.3. The second kappa shape index (κ2) is 45.7. The van der Waals surface area contributed by atoms with Crippen LogP contribution in [0.25, 0.3) is 0 Å². The summed E-state index contributed by atoms with van der Waals surface area (Å²) in [5, 5.41) is 11.4. The molecule has 0 aromatic heterocycles. The van der Waals surface area contributed by atoms with Crippen molar-refractivity contribution in [1.82, 2.24) is 5.32 Å². The maximum absolute atomic E-state index is 12.8. The minimum absolute atomic E-state index is 0. The molecule has 73 heavy (non-hydrogen) atoms. The number of alkyl carbamates (subject to hydrolysis) is 1. The van der Waals surface area contributed by atoms with Crippen molar-refractivity contribution >= 4 is 52.8 Å². The molecule has 4 aromatic rings. The molecule has 0 saturated heterocycles. The number of halogens is 7. The lowest BCUT2D eigenvalue weighted by Gasteiger charge is -2.19. The standard InChI is InChI=1S/C17H23FO3.2C11H14FNO.C9H15BrFNO2.C7H8O.2ClH/c1-17(2,3)21-16(19)10-9-15(11-18)13-20-12-14-7-5-4-6-8-14;2*12-6-11(7-13)9-14-8-10-4-2-1-3-5-10;1-9(2,3)14-8(13)12-6-7(4-10)5-11;8-6-7-4-2-1-3-5-7;;/h4-8,11H,9-10,12-13H2,1-3H3;2*1-6H,7-9,13H2;5H,4,6H2,1-3H3,(H,12,13);1-5,8H,6H2;2*1H/b;11-6+;11-6-;;;;. The van der Waals surface area contributed by atoms with Gasteiger partial charge in [0.2, 0.25) is 0 Å². The second-order valence-corrected chi connectivity index (χ2v) is 17.7. The van der Waals surface area contributed by atoms with Crippen molar-refractivity contribution in [3.63, 3.8) is 0 Å².